The maximum absolute atomic E-state index is 12.6. The predicted molar refractivity (Wildman–Crippen MR) is 80.7 cm³/mol. The number of rotatable bonds is 4. The quantitative estimate of drug-likeness (QED) is 0.856. The Morgan fingerprint density at radius 1 is 1.24 bits per heavy atom. The fourth-order valence-corrected chi connectivity index (χ4v) is 2.37. The van der Waals surface area contributed by atoms with Crippen LogP contribution in [0.25, 0.3) is 5.69 Å². The zero-order valence-corrected chi connectivity index (χ0v) is 13.1. The van der Waals surface area contributed by atoms with Crippen LogP contribution in [0.2, 0.25) is 0 Å². The topological polar surface area (TPSA) is 65.4 Å². The molecule has 1 N–H and O–H groups in total. The van der Waals surface area contributed by atoms with E-state index in [1.807, 2.05) is 0 Å². The van der Waals surface area contributed by atoms with E-state index >= 15 is 0 Å². The number of hydrogen-bond donors (Lipinski definition) is 1. The molecular weight excluding hydrogens is 339 g/mol. The number of alkyl halides is 3. The third-order valence-corrected chi connectivity index (χ3v) is 3.69. The second-order valence-electron chi connectivity index (χ2n) is 5.54. The Labute approximate surface area is 141 Å². The molecule has 0 saturated carbocycles. The molecule has 2 aromatic rings. The Morgan fingerprint density at radius 3 is 2.60 bits per heavy atom. The summed E-state index contributed by atoms with van der Waals surface area (Å²) in [5.41, 5.74) is 2.05. The second kappa shape index (κ2) is 7.24. The lowest BCUT2D eigenvalue weighted by Crippen LogP contribution is -2.33. The lowest BCUT2D eigenvalue weighted by molar-refractivity contribution is -0.186. The molecule has 6 nitrogen and oxygen atoms in total. The number of nitrogens with one attached hydrogen (secondary N) is 1. The number of carbonyl (C=O) groups excluding carboxylic acids is 1. The number of aromatic nitrogens is 2. The maximum atomic E-state index is 12.6. The standard InChI is InChI=1S/C16H16F3N3O3/c17-16(18,19)13-8-9-22(20-13)12-6-4-11(5-7-12)15(23)21-25-14-3-1-2-10-24-14/h4-9,14H,1-3,10H2,(H,21,23). The van der Waals surface area contributed by atoms with Crippen LogP contribution in [0.3, 0.4) is 0 Å². The van der Waals surface area contributed by atoms with Gasteiger partial charge in [0.25, 0.3) is 5.91 Å². The lowest BCUT2D eigenvalue weighted by atomic mass is 10.2. The molecule has 0 aliphatic carbocycles. The minimum atomic E-state index is -4.50. The van der Waals surface area contributed by atoms with Gasteiger partial charge in [-0.05, 0) is 43.2 Å². The Bertz CT molecular complexity index is 722. The Kier molecular flexibility index (Phi) is 5.05. The predicted octanol–water partition coefficient (Wildman–Crippen LogP) is 3.08. The van der Waals surface area contributed by atoms with Crippen LogP contribution < -0.4 is 5.48 Å². The summed E-state index contributed by atoms with van der Waals surface area (Å²) in [4.78, 5) is 17.2. The number of hydrogen-bond acceptors (Lipinski definition) is 4. The Balaban J connectivity index is 1.61. The third kappa shape index (κ3) is 4.37. The number of benzene rings is 1. The zero-order valence-electron chi connectivity index (χ0n) is 13.1. The highest BCUT2D eigenvalue weighted by Crippen LogP contribution is 2.27. The first-order valence-electron chi connectivity index (χ1n) is 7.74. The van der Waals surface area contributed by atoms with E-state index in [2.05, 4.69) is 10.6 Å². The minimum absolute atomic E-state index is 0.308. The summed E-state index contributed by atoms with van der Waals surface area (Å²) in [6.45, 7) is 0.596. The number of nitrogens with zero attached hydrogens (tertiary/aromatic N) is 2. The van der Waals surface area contributed by atoms with Crippen molar-refractivity contribution >= 4 is 5.91 Å². The first kappa shape index (κ1) is 17.4. The molecule has 3 rings (SSSR count). The van der Waals surface area contributed by atoms with Crippen molar-refractivity contribution in [3.05, 3.63) is 47.8 Å². The molecule has 1 saturated heterocycles. The largest absolute Gasteiger partial charge is 0.435 e. The molecule has 0 radical (unpaired) electrons. The van der Waals surface area contributed by atoms with Gasteiger partial charge in [-0.3, -0.25) is 4.79 Å². The van der Waals surface area contributed by atoms with Crippen molar-refractivity contribution in [2.24, 2.45) is 0 Å². The number of ether oxygens (including phenoxy) is 1. The molecule has 1 unspecified atom stereocenters. The van der Waals surface area contributed by atoms with Crippen LogP contribution in [-0.4, -0.2) is 28.6 Å². The minimum Gasteiger partial charge on any atom is -0.350 e. The number of amides is 1. The summed E-state index contributed by atoms with van der Waals surface area (Å²) in [6.07, 6.45) is -1.09. The first-order chi connectivity index (χ1) is 11.9. The maximum Gasteiger partial charge on any atom is 0.435 e. The monoisotopic (exact) mass is 355 g/mol. The van der Waals surface area contributed by atoms with Crippen LogP contribution in [0.5, 0.6) is 0 Å². The summed E-state index contributed by atoms with van der Waals surface area (Å²) in [7, 11) is 0. The smallest absolute Gasteiger partial charge is 0.350 e. The second-order valence-corrected chi connectivity index (χ2v) is 5.54. The van der Waals surface area contributed by atoms with Crippen molar-refractivity contribution in [2.75, 3.05) is 6.61 Å². The van der Waals surface area contributed by atoms with Crippen molar-refractivity contribution in [3.63, 3.8) is 0 Å². The van der Waals surface area contributed by atoms with Crippen molar-refractivity contribution < 1.29 is 27.5 Å². The van der Waals surface area contributed by atoms with Gasteiger partial charge < -0.3 is 4.74 Å². The fraction of sp³-hybridized carbons (Fsp3) is 0.375. The van der Waals surface area contributed by atoms with Gasteiger partial charge >= 0.3 is 6.18 Å². The van der Waals surface area contributed by atoms with E-state index in [0.29, 0.717) is 24.3 Å². The highest BCUT2D eigenvalue weighted by atomic mass is 19.4. The molecule has 2 heterocycles. The van der Waals surface area contributed by atoms with E-state index in [-0.39, 0.29) is 0 Å². The number of carbonyl (C=O) groups is 1. The van der Waals surface area contributed by atoms with Crippen molar-refractivity contribution in [2.45, 2.75) is 31.7 Å². The van der Waals surface area contributed by atoms with Gasteiger partial charge in [0, 0.05) is 24.8 Å². The van der Waals surface area contributed by atoms with Crippen molar-refractivity contribution in [1.82, 2.24) is 15.3 Å². The average Bonchev–Trinajstić information content (AvgIpc) is 3.11. The molecule has 1 aliphatic rings. The van der Waals surface area contributed by atoms with E-state index in [0.717, 1.165) is 23.6 Å². The van der Waals surface area contributed by atoms with Gasteiger partial charge in [0.15, 0.2) is 12.0 Å². The number of hydroxylamine groups is 1. The van der Waals surface area contributed by atoms with Gasteiger partial charge in [-0.1, -0.05) is 0 Å². The van der Waals surface area contributed by atoms with Crippen LogP contribution in [0.15, 0.2) is 36.5 Å². The summed E-state index contributed by atoms with van der Waals surface area (Å²) >= 11 is 0. The van der Waals surface area contributed by atoms with Crippen LogP contribution in [0.1, 0.15) is 35.3 Å². The van der Waals surface area contributed by atoms with Gasteiger partial charge in [-0.2, -0.15) is 18.3 Å². The van der Waals surface area contributed by atoms with E-state index in [4.69, 9.17) is 9.57 Å². The van der Waals surface area contributed by atoms with E-state index in [9.17, 15) is 18.0 Å². The fourth-order valence-electron chi connectivity index (χ4n) is 2.37. The van der Waals surface area contributed by atoms with Crippen LogP contribution >= 0.6 is 0 Å². The zero-order chi connectivity index (χ0) is 17.9. The van der Waals surface area contributed by atoms with Crippen molar-refractivity contribution in [1.29, 1.82) is 0 Å². The molecule has 0 spiro atoms. The molecule has 1 atom stereocenters. The number of halogens is 3. The van der Waals surface area contributed by atoms with Gasteiger partial charge in [0.2, 0.25) is 0 Å². The van der Waals surface area contributed by atoms with Crippen LogP contribution in [0, 0.1) is 0 Å². The molecule has 25 heavy (non-hydrogen) atoms. The summed E-state index contributed by atoms with van der Waals surface area (Å²) < 4.78 is 44.1. The first-order valence-corrected chi connectivity index (χ1v) is 7.74. The van der Waals surface area contributed by atoms with Gasteiger partial charge in [0.05, 0.1) is 5.69 Å². The highest BCUT2D eigenvalue weighted by Gasteiger charge is 2.33. The van der Waals surface area contributed by atoms with E-state index in [1.54, 1.807) is 0 Å². The van der Waals surface area contributed by atoms with Gasteiger partial charge in [-0.15, -0.1) is 0 Å². The van der Waals surface area contributed by atoms with Crippen LogP contribution in [-0.2, 0) is 15.8 Å². The van der Waals surface area contributed by atoms with E-state index in [1.165, 1.54) is 30.5 Å². The van der Waals surface area contributed by atoms with Crippen molar-refractivity contribution in [3.8, 4) is 5.69 Å². The Hall–Kier alpha value is -2.39. The van der Waals surface area contributed by atoms with E-state index < -0.39 is 24.1 Å². The lowest BCUT2D eigenvalue weighted by Gasteiger charge is -2.22. The molecular formula is C16H16F3N3O3. The molecule has 1 aliphatic heterocycles. The molecule has 9 heteroatoms. The summed E-state index contributed by atoms with van der Waals surface area (Å²) in [5.74, 6) is -0.461. The molecule has 1 amide bonds. The van der Waals surface area contributed by atoms with Gasteiger partial charge in [0.1, 0.15) is 0 Å². The SMILES string of the molecule is O=C(NOC1CCCCO1)c1ccc(-n2ccc(C(F)(F)F)n2)cc1. The molecule has 0 bridgehead atoms. The van der Waals surface area contributed by atoms with Gasteiger partial charge in [-0.25, -0.2) is 15.0 Å². The highest BCUT2D eigenvalue weighted by molar-refractivity contribution is 5.93. The third-order valence-electron chi connectivity index (χ3n) is 3.69. The normalized spacial score (nSPS) is 18.1. The average molecular weight is 355 g/mol. The summed E-state index contributed by atoms with van der Waals surface area (Å²) in [5, 5.41) is 3.47. The molecule has 1 fully saturated rings. The molecule has 1 aromatic heterocycles. The van der Waals surface area contributed by atoms with Crippen LogP contribution in [0.4, 0.5) is 13.2 Å². The Morgan fingerprint density at radius 2 is 2.00 bits per heavy atom. The molecule has 134 valence electrons. The summed E-state index contributed by atoms with van der Waals surface area (Å²) in [6, 6.07) is 6.84. The molecule has 1 aromatic carbocycles.